The minimum atomic E-state index is -0.197. The third-order valence-electron chi connectivity index (χ3n) is 5.05. The van der Waals surface area contributed by atoms with Gasteiger partial charge in [-0.15, -0.1) is 0 Å². The first kappa shape index (κ1) is 18.2. The molecule has 1 saturated carbocycles. The van der Waals surface area contributed by atoms with Gasteiger partial charge in [-0.05, 0) is 31.4 Å². The van der Waals surface area contributed by atoms with Crippen LogP contribution in [0.15, 0.2) is 24.5 Å². The van der Waals surface area contributed by atoms with Crippen molar-refractivity contribution in [1.29, 1.82) is 5.41 Å². The van der Waals surface area contributed by atoms with Crippen LogP contribution in [-0.4, -0.2) is 39.7 Å². The van der Waals surface area contributed by atoms with Gasteiger partial charge in [-0.3, -0.25) is 10.2 Å². The number of carbonyl (C=O) groups is 1. The van der Waals surface area contributed by atoms with Crippen LogP contribution in [0, 0.1) is 5.41 Å². The van der Waals surface area contributed by atoms with E-state index in [1.807, 2.05) is 0 Å². The fourth-order valence-electron chi connectivity index (χ4n) is 3.25. The Kier molecular flexibility index (Phi) is 4.64. The van der Waals surface area contributed by atoms with Gasteiger partial charge in [0, 0.05) is 29.6 Å². The highest BCUT2D eigenvalue weighted by atomic mass is 35.5. The molecule has 4 rings (SSSR count). The summed E-state index contributed by atoms with van der Waals surface area (Å²) in [6.07, 6.45) is 4.68. The van der Waals surface area contributed by atoms with E-state index in [1.54, 1.807) is 25.2 Å². The summed E-state index contributed by atoms with van der Waals surface area (Å²) in [4.78, 5) is 23.4. The number of H-pyrrole nitrogens is 1. The number of benzene rings is 1. The Balaban J connectivity index is 1.77. The van der Waals surface area contributed by atoms with E-state index in [-0.39, 0.29) is 17.4 Å². The Hall–Kier alpha value is -3.13. The second-order valence-electron chi connectivity index (χ2n) is 6.78. The molecule has 8 nitrogen and oxygen atoms in total. The van der Waals surface area contributed by atoms with E-state index < -0.39 is 0 Å². The fraction of sp³-hybridized carbons (Fsp3) is 0.263. The molecule has 1 aromatic carbocycles. The summed E-state index contributed by atoms with van der Waals surface area (Å²) in [7, 11) is 1.57. The van der Waals surface area contributed by atoms with E-state index in [9.17, 15) is 4.79 Å². The Labute approximate surface area is 166 Å². The average molecular weight is 398 g/mol. The third-order valence-corrected chi connectivity index (χ3v) is 5.44. The van der Waals surface area contributed by atoms with Crippen molar-refractivity contribution in [3.05, 3.63) is 46.4 Å². The number of nitrogens with zero attached hydrogens (tertiary/aromatic N) is 2. The van der Waals surface area contributed by atoms with Gasteiger partial charge in [-0.2, -0.15) is 0 Å². The van der Waals surface area contributed by atoms with Crippen molar-refractivity contribution in [2.75, 3.05) is 18.1 Å². The van der Waals surface area contributed by atoms with Gasteiger partial charge in [0.15, 0.2) is 0 Å². The molecule has 0 radical (unpaired) electrons. The van der Waals surface area contributed by atoms with Crippen LogP contribution in [0.1, 0.15) is 40.9 Å². The maximum absolute atomic E-state index is 11.9. The number of fused-ring (bicyclic) bond motifs is 1. The number of halogens is 1. The zero-order valence-electron chi connectivity index (χ0n) is 15.3. The minimum absolute atomic E-state index is 0.0996. The molecule has 0 unspecified atom stereocenters. The van der Waals surface area contributed by atoms with Crippen molar-refractivity contribution >= 4 is 45.8 Å². The number of nitrogens with one attached hydrogen (secondary N) is 4. The lowest BCUT2D eigenvalue weighted by atomic mass is 9.93. The van der Waals surface area contributed by atoms with Crippen molar-refractivity contribution in [3.63, 3.8) is 0 Å². The lowest BCUT2D eigenvalue weighted by Gasteiger charge is -2.28. The summed E-state index contributed by atoms with van der Waals surface area (Å²) in [5, 5.41) is 15.8. The number of carbonyl (C=O) groups excluding carboxylic acids is 1. The maximum Gasteiger partial charge on any atom is 0.251 e. The number of aromatic amines is 1. The second-order valence-corrected chi connectivity index (χ2v) is 7.16. The molecule has 1 aliphatic carbocycles. The molecular formula is C19H20ClN7O. The molecule has 0 atom stereocenters. The van der Waals surface area contributed by atoms with Crippen molar-refractivity contribution in [1.82, 2.24) is 20.3 Å². The van der Waals surface area contributed by atoms with Crippen LogP contribution in [0.3, 0.4) is 0 Å². The number of nitrogens with two attached hydrogens (primary N) is 1. The molecule has 0 aliphatic heterocycles. The first-order valence-corrected chi connectivity index (χ1v) is 9.37. The Morgan fingerprint density at radius 3 is 2.82 bits per heavy atom. The number of hydrogen-bond donors (Lipinski definition) is 5. The molecule has 3 aromatic rings. The molecule has 1 aliphatic rings. The Morgan fingerprint density at radius 2 is 2.14 bits per heavy atom. The summed E-state index contributed by atoms with van der Waals surface area (Å²) in [6.45, 7) is 0. The number of hydrogen-bond acceptors (Lipinski definition) is 6. The molecule has 9 heteroatoms. The molecule has 1 fully saturated rings. The topological polar surface area (TPSA) is 133 Å². The monoisotopic (exact) mass is 397 g/mol. The molecule has 0 spiro atoms. The first-order valence-electron chi connectivity index (χ1n) is 8.99. The van der Waals surface area contributed by atoms with Gasteiger partial charge in [0.1, 0.15) is 18.0 Å². The van der Waals surface area contributed by atoms with Crippen LogP contribution in [0.25, 0.3) is 10.9 Å². The highest BCUT2D eigenvalue weighted by molar-refractivity contribution is 6.40. The average Bonchev–Trinajstić information content (AvgIpc) is 2.99. The lowest BCUT2D eigenvalue weighted by molar-refractivity contribution is 0.0963. The molecule has 6 N–H and O–H groups in total. The zero-order valence-corrected chi connectivity index (χ0v) is 16.0. The quantitative estimate of drug-likeness (QED) is 0.422. The maximum atomic E-state index is 11.9. The number of aromatic nitrogens is 3. The highest BCUT2D eigenvalue weighted by Crippen LogP contribution is 2.33. The van der Waals surface area contributed by atoms with Crippen LogP contribution >= 0.6 is 11.6 Å². The third kappa shape index (κ3) is 3.05. The number of amides is 1. The number of anilines is 2. The van der Waals surface area contributed by atoms with Crippen molar-refractivity contribution in [3.8, 4) is 0 Å². The van der Waals surface area contributed by atoms with Gasteiger partial charge in [0.05, 0.1) is 22.0 Å². The summed E-state index contributed by atoms with van der Waals surface area (Å²) in [5.74, 6) is 0.544. The second kappa shape index (κ2) is 7.12. The smallest absolute Gasteiger partial charge is 0.251 e. The molecule has 0 saturated heterocycles. The van der Waals surface area contributed by atoms with Gasteiger partial charge in [-0.1, -0.05) is 17.7 Å². The molecule has 28 heavy (non-hydrogen) atoms. The van der Waals surface area contributed by atoms with Gasteiger partial charge in [0.25, 0.3) is 5.91 Å². The molecule has 2 heterocycles. The highest BCUT2D eigenvalue weighted by Gasteiger charge is 2.24. The number of nitrogen functional groups attached to an aromatic ring is 1. The van der Waals surface area contributed by atoms with Gasteiger partial charge in [-0.25, -0.2) is 9.97 Å². The minimum Gasteiger partial charge on any atom is -0.383 e. The van der Waals surface area contributed by atoms with Crippen molar-refractivity contribution in [2.45, 2.75) is 25.3 Å². The SMILES string of the molecule is CNC(=O)c1ccc2c(Cl)c(C(=N)c3c(N)ncnc3NC3CCC3)[nH]c2c1. The van der Waals surface area contributed by atoms with E-state index in [0.717, 1.165) is 18.2 Å². The van der Waals surface area contributed by atoms with E-state index in [2.05, 4.69) is 25.6 Å². The predicted octanol–water partition coefficient (Wildman–Crippen LogP) is 2.93. The van der Waals surface area contributed by atoms with Gasteiger partial charge in [0.2, 0.25) is 0 Å². The summed E-state index contributed by atoms with van der Waals surface area (Å²) in [6, 6.07) is 5.48. The summed E-state index contributed by atoms with van der Waals surface area (Å²) < 4.78 is 0. The van der Waals surface area contributed by atoms with Gasteiger partial charge < -0.3 is 21.4 Å². The first-order chi connectivity index (χ1) is 13.5. The molecular weight excluding hydrogens is 378 g/mol. The van der Waals surface area contributed by atoms with Gasteiger partial charge >= 0.3 is 0 Å². The zero-order chi connectivity index (χ0) is 19.8. The van der Waals surface area contributed by atoms with Crippen molar-refractivity contribution in [2.24, 2.45) is 0 Å². The summed E-state index contributed by atoms with van der Waals surface area (Å²) >= 11 is 6.54. The molecule has 0 bridgehead atoms. The number of rotatable bonds is 5. The van der Waals surface area contributed by atoms with Crippen LogP contribution < -0.4 is 16.4 Å². The van der Waals surface area contributed by atoms with E-state index in [0.29, 0.717) is 39.2 Å². The Bertz CT molecular complexity index is 1090. The van der Waals surface area contributed by atoms with Crippen LogP contribution in [0.4, 0.5) is 11.6 Å². The lowest BCUT2D eigenvalue weighted by Crippen LogP contribution is -2.29. The summed E-state index contributed by atoms with van der Waals surface area (Å²) in [5.41, 5.74) is 8.16. The predicted molar refractivity (Wildman–Crippen MR) is 110 cm³/mol. The fourth-order valence-corrected chi connectivity index (χ4v) is 3.55. The van der Waals surface area contributed by atoms with Crippen LogP contribution in [0.5, 0.6) is 0 Å². The van der Waals surface area contributed by atoms with Crippen LogP contribution in [-0.2, 0) is 0 Å². The van der Waals surface area contributed by atoms with E-state index in [1.165, 1.54) is 12.7 Å². The standard InChI is InChI=1S/C19H20ClN7O/c1-23-19(28)9-5-6-11-12(7-9)27-16(14(11)20)15(21)13-17(22)24-8-25-18(13)26-10-3-2-4-10/h5-8,10,21,27H,2-4H2,1H3,(H,23,28)(H3,22,24,25,26). The van der Waals surface area contributed by atoms with E-state index in [4.69, 9.17) is 22.7 Å². The normalized spacial score (nSPS) is 13.9. The molecule has 1 amide bonds. The molecule has 2 aromatic heterocycles. The van der Waals surface area contributed by atoms with E-state index >= 15 is 0 Å². The van der Waals surface area contributed by atoms with Crippen molar-refractivity contribution < 1.29 is 4.79 Å². The van der Waals surface area contributed by atoms with Crippen LogP contribution in [0.2, 0.25) is 5.02 Å². The molecule has 144 valence electrons. The Morgan fingerprint density at radius 1 is 1.36 bits per heavy atom. The largest absolute Gasteiger partial charge is 0.383 e.